The van der Waals surface area contributed by atoms with Crippen molar-refractivity contribution in [2.75, 3.05) is 6.61 Å². The van der Waals surface area contributed by atoms with Gasteiger partial charge in [-0.05, 0) is 51.0 Å². The van der Waals surface area contributed by atoms with Crippen LogP contribution >= 0.6 is 0 Å². The molecule has 8 heteroatoms. The Hall–Kier alpha value is -2.61. The van der Waals surface area contributed by atoms with Crippen molar-refractivity contribution in [1.82, 2.24) is 14.8 Å². The molecule has 3 aromatic rings. The van der Waals surface area contributed by atoms with E-state index < -0.39 is 15.8 Å². The Morgan fingerprint density at radius 2 is 2.12 bits per heavy atom. The molecule has 2 aromatic heterocycles. The maximum absolute atomic E-state index is 13.2. The predicted molar refractivity (Wildman–Crippen MR) is 94.9 cm³/mol. The molecule has 0 atom stereocenters. The summed E-state index contributed by atoms with van der Waals surface area (Å²) in [7, 11) is -3.77. The number of aromatic nitrogens is 3. The van der Waals surface area contributed by atoms with E-state index >= 15 is 0 Å². The average Bonchev–Trinajstić information content (AvgIpc) is 3.21. The number of fused-ring (bicyclic) bond motifs is 1. The Morgan fingerprint density at radius 3 is 2.81 bits per heavy atom. The van der Waals surface area contributed by atoms with Crippen molar-refractivity contribution >= 4 is 26.7 Å². The molecule has 2 heterocycles. The van der Waals surface area contributed by atoms with Crippen LogP contribution in [0.15, 0.2) is 40.3 Å². The van der Waals surface area contributed by atoms with Gasteiger partial charge in [-0.1, -0.05) is 0 Å². The molecular formula is C18H19N3O4S. The molecule has 26 heavy (non-hydrogen) atoms. The molecule has 0 aliphatic heterocycles. The van der Waals surface area contributed by atoms with Gasteiger partial charge < -0.3 is 9.30 Å². The van der Waals surface area contributed by atoms with Crippen LogP contribution in [0, 0.1) is 6.92 Å². The minimum Gasteiger partial charge on any atom is -0.461 e. The molecular weight excluding hydrogens is 354 g/mol. The predicted octanol–water partition coefficient (Wildman–Crippen LogP) is 3.02. The van der Waals surface area contributed by atoms with E-state index in [-0.39, 0.29) is 22.4 Å². The van der Waals surface area contributed by atoms with Crippen molar-refractivity contribution in [3.8, 4) is 0 Å². The van der Waals surface area contributed by atoms with E-state index in [4.69, 9.17) is 4.74 Å². The number of ether oxygens (including phenoxy) is 1. The largest absolute Gasteiger partial charge is 0.461 e. The summed E-state index contributed by atoms with van der Waals surface area (Å²) < 4.78 is 33.3. The number of carbonyl (C=O) groups excluding carboxylic acids is 1. The standard InChI is InChI=1S/C18H19N3O4S/c1-3-25-18(22)16-9-17(11(2)21(16)13-4-5-13)26(23,24)14-6-7-15-12(8-14)10-19-20-15/h6-10,13H,3-5H2,1-2H3,(H,19,20). The molecule has 0 saturated heterocycles. The first-order chi connectivity index (χ1) is 12.4. The van der Waals surface area contributed by atoms with Crippen LogP contribution in [0.3, 0.4) is 0 Å². The van der Waals surface area contributed by atoms with Gasteiger partial charge in [0.1, 0.15) is 5.69 Å². The topological polar surface area (TPSA) is 94.1 Å². The second kappa shape index (κ2) is 5.98. The smallest absolute Gasteiger partial charge is 0.354 e. The van der Waals surface area contributed by atoms with Crippen LogP contribution in [0.5, 0.6) is 0 Å². The molecule has 1 saturated carbocycles. The highest BCUT2D eigenvalue weighted by molar-refractivity contribution is 7.91. The molecule has 1 aliphatic carbocycles. The lowest BCUT2D eigenvalue weighted by atomic mass is 10.3. The summed E-state index contributed by atoms with van der Waals surface area (Å²) in [4.78, 5) is 12.6. The number of rotatable bonds is 5. The van der Waals surface area contributed by atoms with Gasteiger partial charge in [-0.15, -0.1) is 0 Å². The maximum Gasteiger partial charge on any atom is 0.354 e. The quantitative estimate of drug-likeness (QED) is 0.694. The first-order valence-electron chi connectivity index (χ1n) is 8.50. The van der Waals surface area contributed by atoms with Crippen molar-refractivity contribution in [2.24, 2.45) is 0 Å². The van der Waals surface area contributed by atoms with Gasteiger partial charge in [0.05, 0.1) is 28.1 Å². The number of benzene rings is 1. The lowest BCUT2D eigenvalue weighted by molar-refractivity contribution is 0.0513. The summed E-state index contributed by atoms with van der Waals surface area (Å²) in [5.74, 6) is -0.491. The molecule has 1 fully saturated rings. The van der Waals surface area contributed by atoms with Crippen molar-refractivity contribution in [2.45, 2.75) is 42.5 Å². The molecule has 0 amide bonds. The molecule has 1 aromatic carbocycles. The Labute approximate surface area is 150 Å². The van der Waals surface area contributed by atoms with Crippen molar-refractivity contribution in [1.29, 1.82) is 0 Å². The summed E-state index contributed by atoms with van der Waals surface area (Å²) in [5, 5.41) is 7.45. The van der Waals surface area contributed by atoms with E-state index in [0.29, 0.717) is 11.4 Å². The summed E-state index contributed by atoms with van der Waals surface area (Å²) in [6.07, 6.45) is 3.45. The molecule has 136 valence electrons. The van der Waals surface area contributed by atoms with E-state index in [9.17, 15) is 13.2 Å². The van der Waals surface area contributed by atoms with Crippen molar-refractivity contribution < 1.29 is 17.9 Å². The number of aromatic amines is 1. The first kappa shape index (κ1) is 16.8. The third kappa shape index (κ3) is 2.61. The van der Waals surface area contributed by atoms with E-state index in [0.717, 1.165) is 23.7 Å². The lowest BCUT2D eigenvalue weighted by Crippen LogP contribution is -2.12. The molecule has 1 N–H and O–H groups in total. The summed E-state index contributed by atoms with van der Waals surface area (Å²) >= 11 is 0. The monoisotopic (exact) mass is 373 g/mol. The molecule has 0 spiro atoms. The molecule has 7 nitrogen and oxygen atoms in total. The van der Waals surface area contributed by atoms with E-state index in [1.54, 1.807) is 42.8 Å². The van der Waals surface area contributed by atoms with Gasteiger partial charge in [0.2, 0.25) is 9.84 Å². The highest BCUT2D eigenvalue weighted by atomic mass is 32.2. The molecule has 0 unspecified atom stereocenters. The lowest BCUT2D eigenvalue weighted by Gasteiger charge is -2.10. The van der Waals surface area contributed by atoms with Crippen LogP contribution < -0.4 is 0 Å². The van der Waals surface area contributed by atoms with E-state index in [2.05, 4.69) is 10.2 Å². The zero-order valence-corrected chi connectivity index (χ0v) is 15.3. The third-order valence-electron chi connectivity index (χ3n) is 4.65. The number of carbonyl (C=O) groups is 1. The zero-order valence-electron chi connectivity index (χ0n) is 14.5. The van der Waals surface area contributed by atoms with Crippen LogP contribution in [0.4, 0.5) is 0 Å². The highest BCUT2D eigenvalue weighted by Gasteiger charge is 2.34. The highest BCUT2D eigenvalue weighted by Crippen LogP contribution is 2.40. The van der Waals surface area contributed by atoms with Gasteiger partial charge in [0.25, 0.3) is 0 Å². The van der Waals surface area contributed by atoms with Crippen molar-refractivity contribution in [3.63, 3.8) is 0 Å². The number of hydrogen-bond donors (Lipinski definition) is 1. The van der Waals surface area contributed by atoms with E-state index in [1.165, 1.54) is 6.07 Å². The first-order valence-corrected chi connectivity index (χ1v) is 9.99. The number of sulfone groups is 1. The summed E-state index contributed by atoms with van der Waals surface area (Å²) in [5.41, 5.74) is 1.64. The molecule has 0 radical (unpaired) electrons. The number of H-pyrrole nitrogens is 1. The average molecular weight is 373 g/mol. The zero-order chi connectivity index (χ0) is 18.5. The van der Waals surface area contributed by atoms with Crippen LogP contribution in [0.25, 0.3) is 10.9 Å². The fraction of sp³-hybridized carbons (Fsp3) is 0.333. The third-order valence-corrected chi connectivity index (χ3v) is 6.52. The van der Waals surface area contributed by atoms with Crippen molar-refractivity contribution in [3.05, 3.63) is 41.9 Å². The number of esters is 1. The van der Waals surface area contributed by atoms with Crippen LogP contribution in [0.2, 0.25) is 0 Å². The minimum absolute atomic E-state index is 0.148. The fourth-order valence-electron chi connectivity index (χ4n) is 3.25. The second-order valence-electron chi connectivity index (χ2n) is 6.42. The van der Waals surface area contributed by atoms with Crippen LogP contribution in [-0.4, -0.2) is 35.8 Å². The summed E-state index contributed by atoms with van der Waals surface area (Å²) in [6, 6.07) is 6.43. The van der Waals surface area contributed by atoms with Crippen LogP contribution in [-0.2, 0) is 14.6 Å². The second-order valence-corrected chi connectivity index (χ2v) is 8.34. The number of nitrogens with zero attached hydrogens (tertiary/aromatic N) is 2. The molecule has 1 aliphatic rings. The number of nitrogens with one attached hydrogen (secondary N) is 1. The fourth-order valence-corrected chi connectivity index (χ4v) is 4.79. The number of hydrogen-bond acceptors (Lipinski definition) is 5. The Bertz CT molecular complexity index is 1110. The molecule has 4 rings (SSSR count). The minimum atomic E-state index is -3.77. The van der Waals surface area contributed by atoms with Gasteiger partial charge in [-0.3, -0.25) is 5.10 Å². The van der Waals surface area contributed by atoms with E-state index in [1.807, 2.05) is 0 Å². The van der Waals surface area contributed by atoms with Gasteiger partial charge in [-0.25, -0.2) is 13.2 Å². The van der Waals surface area contributed by atoms with Gasteiger partial charge in [-0.2, -0.15) is 5.10 Å². The van der Waals surface area contributed by atoms with Crippen LogP contribution in [0.1, 0.15) is 42.0 Å². The van der Waals surface area contributed by atoms with Gasteiger partial charge >= 0.3 is 5.97 Å². The van der Waals surface area contributed by atoms with Gasteiger partial charge in [0.15, 0.2) is 0 Å². The Balaban J connectivity index is 1.85. The Kier molecular flexibility index (Phi) is 3.87. The Morgan fingerprint density at radius 1 is 1.35 bits per heavy atom. The maximum atomic E-state index is 13.2. The normalized spacial score (nSPS) is 14.7. The SMILES string of the molecule is CCOC(=O)c1cc(S(=O)(=O)c2ccc3[nH]ncc3c2)c(C)n1C1CC1. The summed E-state index contributed by atoms with van der Waals surface area (Å²) in [6.45, 7) is 3.71. The molecule has 0 bridgehead atoms. The van der Waals surface area contributed by atoms with Gasteiger partial charge in [0, 0.05) is 17.1 Å².